The second-order valence-corrected chi connectivity index (χ2v) is 31.7. The van der Waals surface area contributed by atoms with E-state index in [0.717, 1.165) is 34.6 Å². The standard InChI is InChI=1S/C70H115N5O52/c1-15(84)71-29-41(96)51(24(10-80)110-61(29)108)119-64-32(74-18(4)87)42(97)53(25(11-81)115-64)122-68-50(105)56(124-70-59(127-63-31(73-17(3)86)40(95)35(90)21(7-77)112-63)48(103)54(27(13-83)117-70)120-62-30(72-16(2)85)39(94)34(89)20(6-76)111-62)38(93)28(118-68)14-109-69-58(45(100)36(91)22(8-78)114-69)126-65-33(75-19(5)88)43(98)52(26(12-82)116-65)121-67-49(104)55(37(92)23(9-79)113-67)123-66-47(102)44(99)46(101)57(125-66)60(106)107/h20-59,61-70,76-83,89-105,108H,6-14H2,1-5H3,(H,71,84)(H,72,85)(H,73,86)(H,74,87)(H,75,88)(H,106,107)/t20-,21-,22-,23-,24-,25-,26-,27-,28-,29-,30-,31-,32-,33-,34-,35-,36-,37+,38-,39-,40-,41-,42-,43-,44+,45+,46+,47-,48+,49-,50+,51-,52-,53-,54-,55+,56+,57+,58+,59+,61-,62+,63+,64+,65+,66-,67+,68+,69+,70-/m1/s1. The highest BCUT2D eigenvalue weighted by atomic mass is 16.8. The molecule has 10 rings (SSSR count). The number of amides is 5. The Kier molecular flexibility index (Phi) is 37.2. The fourth-order valence-electron chi connectivity index (χ4n) is 16.3. The lowest BCUT2D eigenvalue weighted by Crippen LogP contribution is -2.71. The molecule has 10 aliphatic rings. The number of rotatable bonds is 33. The van der Waals surface area contributed by atoms with E-state index in [1.54, 1.807) is 0 Å². The van der Waals surface area contributed by atoms with Gasteiger partial charge in [-0.15, -0.1) is 0 Å². The van der Waals surface area contributed by atoms with Gasteiger partial charge in [-0.25, -0.2) is 4.79 Å². The molecule has 0 saturated carbocycles. The van der Waals surface area contributed by atoms with Crippen molar-refractivity contribution in [2.24, 2.45) is 0 Å². The highest BCUT2D eigenvalue weighted by Crippen LogP contribution is 2.41. The monoisotopic (exact) mass is 1860 g/mol. The average molecular weight is 1860 g/mol. The van der Waals surface area contributed by atoms with E-state index >= 15 is 0 Å². The molecule has 127 heavy (non-hydrogen) atoms. The minimum atomic E-state index is -2.67. The molecule has 50 atom stereocenters. The van der Waals surface area contributed by atoms with Gasteiger partial charge in [0.1, 0.15) is 238 Å². The normalized spacial score (nSPS) is 48.1. The maximum absolute atomic E-state index is 13.1. The number of carboxylic acid groups (broad SMARTS) is 1. The summed E-state index contributed by atoms with van der Waals surface area (Å²) in [6.45, 7) is -5.92. The quantitative estimate of drug-likeness (QED) is 0.0290. The lowest BCUT2D eigenvalue weighted by Gasteiger charge is -2.52. The molecule has 732 valence electrons. The van der Waals surface area contributed by atoms with E-state index in [-0.39, 0.29) is 0 Å². The zero-order valence-electron chi connectivity index (χ0n) is 68.0. The fourth-order valence-corrected chi connectivity index (χ4v) is 16.3. The Labute approximate surface area is 717 Å². The number of aliphatic hydroxyl groups excluding tert-OH is 26. The molecule has 0 unspecified atom stereocenters. The summed E-state index contributed by atoms with van der Waals surface area (Å²) in [4.78, 5) is 75.9. The lowest BCUT2D eigenvalue weighted by molar-refractivity contribution is -0.403. The number of carbonyl (C=O) groups is 6. The summed E-state index contributed by atoms with van der Waals surface area (Å²) in [5, 5.41) is 315. The van der Waals surface area contributed by atoms with Crippen molar-refractivity contribution in [1.29, 1.82) is 0 Å². The predicted octanol–water partition coefficient (Wildman–Crippen LogP) is -22.0. The fraction of sp³-hybridized carbons (Fsp3) is 0.914. The number of carbonyl (C=O) groups excluding carboxylic acids is 5. The second kappa shape index (κ2) is 45.4. The molecule has 0 radical (unpaired) electrons. The van der Waals surface area contributed by atoms with E-state index in [0.29, 0.717) is 0 Å². The van der Waals surface area contributed by atoms with Gasteiger partial charge in [-0.1, -0.05) is 0 Å². The molecule has 10 saturated heterocycles. The van der Waals surface area contributed by atoms with Gasteiger partial charge in [0.25, 0.3) is 0 Å². The van der Waals surface area contributed by atoms with Gasteiger partial charge < -0.3 is 254 Å². The van der Waals surface area contributed by atoms with E-state index in [2.05, 4.69) is 26.6 Å². The number of ether oxygens (including phenoxy) is 19. The number of hydrogen-bond donors (Lipinski definition) is 32. The number of aliphatic carboxylic acids is 1. The van der Waals surface area contributed by atoms with Crippen molar-refractivity contribution < 1.29 is 257 Å². The summed E-state index contributed by atoms with van der Waals surface area (Å²) >= 11 is 0. The van der Waals surface area contributed by atoms with Crippen LogP contribution < -0.4 is 26.6 Å². The van der Waals surface area contributed by atoms with Crippen molar-refractivity contribution >= 4 is 35.5 Å². The van der Waals surface area contributed by atoms with Crippen LogP contribution in [0, 0.1) is 0 Å². The highest BCUT2D eigenvalue weighted by Gasteiger charge is 2.63. The SMILES string of the molecule is CC(=O)N[C@@H]1[C@@H](O)[C@H](O[C@@H]2O[C@H](CO)[C@@H](O[C@@H]3O[C@H](CO[C@H]4O[C@H](CO)[C@@H](O)[C@H](O)[C@@H]4O[C@@H]4O[C@H](CO)[C@@H](O[C@@H]5O[C@H](CO)[C@H](O)[C@H](O[C@@H]6O[C@H](C(=O)O)[C@@H](O)[C@H](O)[C@H]6O)[C@H]5O)[C@H](O)[C@H]4NC(C)=O)[C@@H](O)[C@H](O[C@H]4O[C@H](CO)[C@@H](O[C@@H]5O[C@H](CO)[C@@H](O)[C@H](O)[C@H]5NC(C)=O)[C@H](O)[C@@H]4O[C@@H]4O[C@H](CO)[C@@H](O)[C@H](O)[C@H]4NC(C)=O)[C@@H]3O)[C@H](O)[C@H]2NC(C)=O)[C@@H](CO)O[C@H]1O. The lowest BCUT2D eigenvalue weighted by atomic mass is 9.93. The van der Waals surface area contributed by atoms with E-state index in [9.17, 15) is 167 Å². The maximum atomic E-state index is 13.1. The van der Waals surface area contributed by atoms with Crippen LogP contribution in [0.4, 0.5) is 0 Å². The molecule has 57 heteroatoms. The Morgan fingerprint density at radius 2 is 0.496 bits per heavy atom. The first-order chi connectivity index (χ1) is 60.0. The molecule has 0 aliphatic carbocycles. The molecule has 32 N–H and O–H groups in total. The largest absolute Gasteiger partial charge is 0.479 e. The van der Waals surface area contributed by atoms with Gasteiger partial charge in [0.2, 0.25) is 29.5 Å². The Balaban J connectivity index is 1.00. The van der Waals surface area contributed by atoms with E-state index in [1.165, 1.54) is 0 Å². The Morgan fingerprint density at radius 3 is 0.890 bits per heavy atom. The first kappa shape index (κ1) is 104. The predicted molar refractivity (Wildman–Crippen MR) is 388 cm³/mol. The van der Waals surface area contributed by atoms with E-state index in [4.69, 9.17) is 90.0 Å². The molecule has 0 aromatic carbocycles. The summed E-state index contributed by atoms with van der Waals surface area (Å²) in [7, 11) is 0. The molecule has 57 nitrogen and oxygen atoms in total. The molecule has 0 bridgehead atoms. The van der Waals surface area contributed by atoms with Crippen molar-refractivity contribution in [1.82, 2.24) is 26.6 Å². The summed E-state index contributed by atoms with van der Waals surface area (Å²) < 4.78 is 113. The number of carboxylic acids is 1. The van der Waals surface area contributed by atoms with Crippen molar-refractivity contribution in [3.63, 3.8) is 0 Å². The summed E-state index contributed by atoms with van der Waals surface area (Å²) in [5.41, 5.74) is 0. The number of nitrogens with one attached hydrogen (secondary N) is 5. The van der Waals surface area contributed by atoms with Crippen LogP contribution in [0.3, 0.4) is 0 Å². The topological polar surface area (TPSA) is 884 Å². The molecule has 10 heterocycles. The van der Waals surface area contributed by atoms with Crippen LogP contribution >= 0.6 is 0 Å². The molecule has 0 spiro atoms. The van der Waals surface area contributed by atoms with Crippen molar-refractivity contribution in [3.8, 4) is 0 Å². The maximum Gasteiger partial charge on any atom is 0.335 e. The van der Waals surface area contributed by atoms with Crippen LogP contribution in [0.5, 0.6) is 0 Å². The minimum absolute atomic E-state index is 0.814. The molecule has 10 aliphatic heterocycles. The Hall–Kier alpha value is -4.98. The highest BCUT2D eigenvalue weighted by molar-refractivity contribution is 5.75. The van der Waals surface area contributed by atoms with Crippen LogP contribution in [0.15, 0.2) is 0 Å². The van der Waals surface area contributed by atoms with Gasteiger partial charge in [-0.2, -0.15) is 0 Å². The van der Waals surface area contributed by atoms with E-state index < -0.39 is 402 Å². The smallest absolute Gasteiger partial charge is 0.335 e. The zero-order chi connectivity index (χ0) is 93.7. The van der Waals surface area contributed by atoms with Gasteiger partial charge in [-0.3, -0.25) is 24.0 Å². The third-order valence-electron chi connectivity index (χ3n) is 22.8. The van der Waals surface area contributed by atoms with E-state index in [1.807, 2.05) is 0 Å². The van der Waals surface area contributed by atoms with Gasteiger partial charge in [0.15, 0.2) is 69.0 Å². The third kappa shape index (κ3) is 23.2. The summed E-state index contributed by atoms with van der Waals surface area (Å²) in [6, 6.07) is -9.47. The molecule has 0 aromatic rings. The molecule has 10 fully saturated rings. The number of hydrogen-bond acceptors (Lipinski definition) is 51. The van der Waals surface area contributed by atoms with Crippen LogP contribution in [0.1, 0.15) is 34.6 Å². The van der Waals surface area contributed by atoms with Gasteiger partial charge in [0, 0.05) is 34.6 Å². The molecule has 0 aromatic heterocycles. The Morgan fingerprint density at radius 1 is 0.228 bits per heavy atom. The second-order valence-electron chi connectivity index (χ2n) is 31.7. The van der Waals surface area contributed by atoms with Gasteiger partial charge in [0.05, 0.1) is 59.5 Å². The first-order valence-corrected chi connectivity index (χ1v) is 40.1. The van der Waals surface area contributed by atoms with Crippen LogP contribution in [0.2, 0.25) is 0 Å². The van der Waals surface area contributed by atoms with Crippen molar-refractivity contribution in [3.05, 3.63) is 0 Å². The van der Waals surface area contributed by atoms with Gasteiger partial charge in [-0.05, 0) is 0 Å². The van der Waals surface area contributed by atoms with Crippen molar-refractivity contribution in [2.75, 3.05) is 59.5 Å². The average Bonchev–Trinajstić information content (AvgIpc) is 0.763. The molecular weight excluding hydrogens is 1740 g/mol. The minimum Gasteiger partial charge on any atom is -0.479 e. The summed E-state index contributed by atoms with van der Waals surface area (Å²) in [6.07, 6.45) is -98.6. The van der Waals surface area contributed by atoms with Gasteiger partial charge >= 0.3 is 5.97 Å². The van der Waals surface area contributed by atoms with Crippen LogP contribution in [0.25, 0.3) is 0 Å². The first-order valence-electron chi connectivity index (χ1n) is 40.1. The third-order valence-corrected chi connectivity index (χ3v) is 22.8. The van der Waals surface area contributed by atoms with Crippen LogP contribution in [-0.2, 0) is 119 Å². The van der Waals surface area contributed by atoms with Crippen molar-refractivity contribution in [2.45, 2.75) is 341 Å². The van der Waals surface area contributed by atoms with Crippen LogP contribution in [-0.4, -0.2) is 540 Å². The molecule has 5 amide bonds. The number of aliphatic hydroxyl groups is 26. The molecular formula is C70H115N5O52. The Bertz CT molecular complexity index is 3530. The summed E-state index contributed by atoms with van der Waals surface area (Å²) in [5.74, 6) is -6.54. The zero-order valence-corrected chi connectivity index (χ0v) is 68.0.